The highest BCUT2D eigenvalue weighted by molar-refractivity contribution is 7.99. The second kappa shape index (κ2) is 5.91. The Balaban J connectivity index is 1.59. The van der Waals surface area contributed by atoms with Gasteiger partial charge in [0.05, 0.1) is 0 Å². The fourth-order valence-electron chi connectivity index (χ4n) is 1.63. The zero-order chi connectivity index (χ0) is 11.2. The zero-order valence-corrected chi connectivity index (χ0v) is 9.85. The van der Waals surface area contributed by atoms with Crippen LogP contribution < -0.4 is 10.6 Å². The maximum atomic E-state index is 11.5. The third kappa shape index (κ3) is 3.24. The van der Waals surface area contributed by atoms with E-state index in [0.717, 1.165) is 6.54 Å². The van der Waals surface area contributed by atoms with Crippen molar-refractivity contribution in [3.8, 4) is 0 Å². The van der Waals surface area contributed by atoms with Crippen molar-refractivity contribution < 1.29 is 4.79 Å². The summed E-state index contributed by atoms with van der Waals surface area (Å²) < 4.78 is 0. The van der Waals surface area contributed by atoms with Crippen molar-refractivity contribution in [1.29, 1.82) is 0 Å². The summed E-state index contributed by atoms with van der Waals surface area (Å²) in [5, 5.41) is 12.6. The van der Waals surface area contributed by atoms with Crippen LogP contribution in [-0.4, -0.2) is 46.7 Å². The predicted molar refractivity (Wildman–Crippen MR) is 64.7 cm³/mol. The van der Waals surface area contributed by atoms with Gasteiger partial charge in [0.1, 0.15) is 5.69 Å². The van der Waals surface area contributed by atoms with Gasteiger partial charge < -0.3 is 10.6 Å². The number of carbonyl (C=O) groups excluding carboxylic acids is 1. The van der Waals surface area contributed by atoms with Crippen LogP contribution in [0.5, 0.6) is 0 Å². The second-order valence-corrected chi connectivity index (χ2v) is 4.89. The molecule has 88 valence electrons. The van der Waals surface area contributed by atoms with Gasteiger partial charge in [-0.15, -0.1) is 0 Å². The molecule has 0 bridgehead atoms. The Labute approximate surface area is 98.8 Å². The van der Waals surface area contributed by atoms with Crippen molar-refractivity contribution in [2.45, 2.75) is 12.5 Å². The highest BCUT2D eigenvalue weighted by Crippen LogP contribution is 2.16. The van der Waals surface area contributed by atoms with E-state index in [9.17, 15) is 4.79 Å². The molecule has 0 radical (unpaired) electrons. The van der Waals surface area contributed by atoms with E-state index in [1.807, 2.05) is 11.8 Å². The highest BCUT2D eigenvalue weighted by atomic mass is 32.2. The number of rotatable bonds is 5. The number of H-pyrrole nitrogens is 1. The summed E-state index contributed by atoms with van der Waals surface area (Å²) in [5.74, 6) is 2.34. The third-order valence-corrected chi connectivity index (χ3v) is 3.68. The van der Waals surface area contributed by atoms with E-state index in [2.05, 4.69) is 20.8 Å². The van der Waals surface area contributed by atoms with Crippen LogP contribution in [0.15, 0.2) is 12.3 Å². The van der Waals surface area contributed by atoms with Crippen molar-refractivity contribution in [3.63, 3.8) is 0 Å². The molecule has 1 aromatic rings. The van der Waals surface area contributed by atoms with Crippen LogP contribution in [0, 0.1) is 0 Å². The lowest BCUT2D eigenvalue weighted by molar-refractivity contribution is 0.0948. The smallest absolute Gasteiger partial charge is 0.269 e. The van der Waals surface area contributed by atoms with E-state index in [1.165, 1.54) is 17.9 Å². The van der Waals surface area contributed by atoms with Gasteiger partial charge in [-0.3, -0.25) is 9.89 Å². The Hall–Kier alpha value is -1.01. The number of amides is 1. The number of nitrogens with zero attached hydrogens (tertiary/aromatic N) is 1. The van der Waals surface area contributed by atoms with Crippen LogP contribution in [0.2, 0.25) is 0 Å². The molecule has 0 saturated carbocycles. The van der Waals surface area contributed by atoms with E-state index in [1.54, 1.807) is 12.3 Å². The summed E-state index contributed by atoms with van der Waals surface area (Å²) in [6.07, 6.45) is 2.81. The summed E-state index contributed by atoms with van der Waals surface area (Å²) in [6.45, 7) is 1.48. The van der Waals surface area contributed by atoms with E-state index in [4.69, 9.17) is 0 Å². The first kappa shape index (κ1) is 11.5. The Morgan fingerprint density at radius 1 is 1.62 bits per heavy atom. The maximum absolute atomic E-state index is 11.5. The van der Waals surface area contributed by atoms with Crippen molar-refractivity contribution in [2.24, 2.45) is 0 Å². The molecule has 1 aliphatic heterocycles. The predicted octanol–water partition coefficient (Wildman–Crippen LogP) is 0.235. The molecule has 1 unspecified atom stereocenters. The van der Waals surface area contributed by atoms with Gasteiger partial charge in [0, 0.05) is 31.1 Å². The Morgan fingerprint density at radius 2 is 2.56 bits per heavy atom. The Kier molecular flexibility index (Phi) is 4.24. The molecule has 3 N–H and O–H groups in total. The molecule has 1 aliphatic rings. The summed E-state index contributed by atoms with van der Waals surface area (Å²) in [5.41, 5.74) is 0.511. The van der Waals surface area contributed by atoms with Gasteiger partial charge >= 0.3 is 0 Å². The molecule has 0 aliphatic carbocycles. The van der Waals surface area contributed by atoms with Gasteiger partial charge in [-0.05, 0) is 18.2 Å². The van der Waals surface area contributed by atoms with Crippen LogP contribution in [-0.2, 0) is 0 Å². The van der Waals surface area contributed by atoms with Crippen molar-refractivity contribution >= 4 is 17.7 Å². The molecule has 5 nitrogen and oxygen atoms in total. The van der Waals surface area contributed by atoms with E-state index in [0.29, 0.717) is 18.3 Å². The molecule has 2 heterocycles. The topological polar surface area (TPSA) is 69.8 Å². The number of hydrogen-bond donors (Lipinski definition) is 3. The number of carbonyl (C=O) groups is 1. The minimum absolute atomic E-state index is 0.0971. The lowest BCUT2D eigenvalue weighted by Gasteiger charge is -2.11. The van der Waals surface area contributed by atoms with Gasteiger partial charge in [0.2, 0.25) is 0 Å². The number of aromatic nitrogens is 2. The molecule has 16 heavy (non-hydrogen) atoms. The van der Waals surface area contributed by atoms with Crippen LogP contribution in [0.4, 0.5) is 0 Å². The van der Waals surface area contributed by atoms with Crippen LogP contribution in [0.1, 0.15) is 16.9 Å². The number of nitrogens with one attached hydrogen (secondary N) is 3. The van der Waals surface area contributed by atoms with E-state index in [-0.39, 0.29) is 5.91 Å². The molecule has 6 heteroatoms. The van der Waals surface area contributed by atoms with Gasteiger partial charge in [-0.2, -0.15) is 16.9 Å². The summed E-state index contributed by atoms with van der Waals surface area (Å²) in [6, 6.07) is 2.28. The zero-order valence-electron chi connectivity index (χ0n) is 9.03. The third-order valence-electron chi connectivity index (χ3n) is 2.52. The summed E-state index contributed by atoms with van der Waals surface area (Å²) >= 11 is 1.98. The molecule has 2 rings (SSSR count). The van der Waals surface area contributed by atoms with Crippen molar-refractivity contribution in [3.05, 3.63) is 18.0 Å². The quantitative estimate of drug-likeness (QED) is 0.645. The minimum atomic E-state index is -0.0971. The molecular weight excluding hydrogens is 224 g/mol. The van der Waals surface area contributed by atoms with E-state index < -0.39 is 0 Å². The first-order valence-corrected chi connectivity index (χ1v) is 6.60. The highest BCUT2D eigenvalue weighted by Gasteiger charge is 2.14. The molecular formula is C10H16N4OS. The largest absolute Gasteiger partial charge is 0.349 e. The maximum Gasteiger partial charge on any atom is 0.269 e. The van der Waals surface area contributed by atoms with Crippen LogP contribution >= 0.6 is 11.8 Å². The molecule has 1 fully saturated rings. The Morgan fingerprint density at radius 3 is 3.25 bits per heavy atom. The molecule has 1 atom stereocenters. The molecule has 1 aromatic heterocycles. The number of thioether (sulfide) groups is 1. The van der Waals surface area contributed by atoms with Gasteiger partial charge in [-0.25, -0.2) is 0 Å². The monoisotopic (exact) mass is 240 g/mol. The summed E-state index contributed by atoms with van der Waals surface area (Å²) in [7, 11) is 0. The fourth-order valence-corrected chi connectivity index (χ4v) is 2.81. The molecule has 1 amide bonds. The lowest BCUT2D eigenvalue weighted by atomic mass is 10.2. The van der Waals surface area contributed by atoms with Crippen molar-refractivity contribution in [1.82, 2.24) is 20.8 Å². The number of aromatic amines is 1. The Bertz CT molecular complexity index is 322. The van der Waals surface area contributed by atoms with Gasteiger partial charge in [0.25, 0.3) is 5.91 Å². The molecule has 0 spiro atoms. The SMILES string of the molecule is O=C(NCCNC1CCSC1)c1ccn[nH]1. The lowest BCUT2D eigenvalue weighted by Crippen LogP contribution is -2.37. The van der Waals surface area contributed by atoms with E-state index >= 15 is 0 Å². The molecule has 0 aromatic carbocycles. The average Bonchev–Trinajstić information content (AvgIpc) is 2.96. The van der Waals surface area contributed by atoms with Gasteiger partial charge in [-0.1, -0.05) is 0 Å². The normalized spacial score (nSPS) is 19.9. The van der Waals surface area contributed by atoms with Crippen molar-refractivity contribution in [2.75, 3.05) is 24.6 Å². The summed E-state index contributed by atoms with van der Waals surface area (Å²) in [4.78, 5) is 11.5. The minimum Gasteiger partial charge on any atom is -0.349 e. The average molecular weight is 240 g/mol. The standard InChI is InChI=1S/C10H16N4OS/c15-10(9-1-3-13-14-9)12-5-4-11-8-2-6-16-7-8/h1,3,8,11H,2,4-7H2,(H,12,15)(H,13,14). The molecule has 1 saturated heterocycles. The first-order chi connectivity index (χ1) is 7.86. The fraction of sp³-hybridized carbons (Fsp3) is 0.600. The van der Waals surface area contributed by atoms with Crippen LogP contribution in [0.3, 0.4) is 0 Å². The second-order valence-electron chi connectivity index (χ2n) is 3.74. The number of hydrogen-bond acceptors (Lipinski definition) is 4. The van der Waals surface area contributed by atoms with Gasteiger partial charge in [0.15, 0.2) is 0 Å². The van der Waals surface area contributed by atoms with Crippen LogP contribution in [0.25, 0.3) is 0 Å². The first-order valence-electron chi connectivity index (χ1n) is 5.45.